The minimum absolute atomic E-state index is 0.342. The van der Waals surface area contributed by atoms with Crippen LogP contribution in [0.15, 0.2) is 40.9 Å². The summed E-state index contributed by atoms with van der Waals surface area (Å²) in [6, 6.07) is 11.2. The van der Waals surface area contributed by atoms with Gasteiger partial charge in [0.1, 0.15) is 18.2 Å². The zero-order chi connectivity index (χ0) is 18.7. The maximum absolute atomic E-state index is 6.21. The van der Waals surface area contributed by atoms with Crippen molar-refractivity contribution < 1.29 is 4.74 Å². The second kappa shape index (κ2) is 8.43. The van der Waals surface area contributed by atoms with Crippen LogP contribution in [0.1, 0.15) is 17.0 Å². The predicted octanol–water partition coefficient (Wildman–Crippen LogP) is 5.64. The Morgan fingerprint density at radius 2 is 2.04 bits per heavy atom. The van der Waals surface area contributed by atoms with Gasteiger partial charge in [0.15, 0.2) is 0 Å². The van der Waals surface area contributed by atoms with Crippen LogP contribution in [0.4, 0.5) is 0 Å². The van der Waals surface area contributed by atoms with E-state index in [2.05, 4.69) is 31.6 Å². The summed E-state index contributed by atoms with van der Waals surface area (Å²) in [6.45, 7) is 2.72. The fourth-order valence-electron chi connectivity index (χ4n) is 2.35. The maximum Gasteiger partial charge on any atom is 0.214 e. The number of hydrogen-bond acceptors (Lipinski definition) is 4. The van der Waals surface area contributed by atoms with Crippen LogP contribution in [0, 0.1) is 11.7 Å². The van der Waals surface area contributed by atoms with Gasteiger partial charge in [-0.05, 0) is 49.5 Å². The van der Waals surface area contributed by atoms with Crippen molar-refractivity contribution in [3.8, 4) is 5.75 Å². The molecule has 0 saturated carbocycles. The highest BCUT2D eigenvalue weighted by molar-refractivity contribution is 9.10. The van der Waals surface area contributed by atoms with E-state index in [9.17, 15) is 0 Å². The molecule has 3 rings (SSSR count). The molecule has 0 radical (unpaired) electrons. The largest absolute Gasteiger partial charge is 0.488 e. The normalized spacial score (nSPS) is 10.8. The molecule has 136 valence electrons. The Kier molecular flexibility index (Phi) is 6.24. The third-order valence-corrected chi connectivity index (χ3v) is 5.04. The predicted molar refractivity (Wildman–Crippen MR) is 110 cm³/mol. The first kappa shape index (κ1) is 19.2. The quantitative estimate of drug-likeness (QED) is 0.454. The average Bonchev–Trinajstić information content (AvgIpc) is 2.91. The number of aromatic nitrogens is 3. The van der Waals surface area contributed by atoms with E-state index in [4.69, 9.17) is 40.2 Å². The first-order valence-electron chi connectivity index (χ1n) is 7.67. The molecule has 26 heavy (non-hydrogen) atoms. The molecule has 1 aromatic heterocycles. The number of ether oxygens (including phenoxy) is 1. The maximum atomic E-state index is 6.21. The number of benzene rings is 2. The highest BCUT2D eigenvalue weighted by Gasteiger charge is 2.09. The Morgan fingerprint density at radius 3 is 2.73 bits per heavy atom. The molecule has 0 unspecified atom stereocenters. The molecule has 0 bridgehead atoms. The van der Waals surface area contributed by atoms with Gasteiger partial charge in [-0.3, -0.25) is 5.10 Å². The van der Waals surface area contributed by atoms with Gasteiger partial charge in [-0.15, -0.1) is 0 Å². The topological polar surface area (TPSA) is 54.9 Å². The van der Waals surface area contributed by atoms with Gasteiger partial charge < -0.3 is 10.2 Å². The van der Waals surface area contributed by atoms with Crippen molar-refractivity contribution in [1.29, 1.82) is 0 Å². The van der Waals surface area contributed by atoms with Gasteiger partial charge in [0, 0.05) is 25.6 Å². The number of nitrogens with zero attached hydrogens (tertiary/aromatic N) is 2. The second-order valence-electron chi connectivity index (χ2n) is 5.52. The number of rotatable bonds is 6. The summed E-state index contributed by atoms with van der Waals surface area (Å²) in [5.74, 6) is 1.50. The second-order valence-corrected chi connectivity index (χ2v) is 7.67. The van der Waals surface area contributed by atoms with E-state index in [1.807, 2.05) is 31.2 Å². The Bertz CT molecular complexity index is 989. The molecule has 2 aromatic carbocycles. The summed E-state index contributed by atoms with van der Waals surface area (Å²) >= 11 is 20.8. The SMILES string of the molecule is Cc1n[nH]c(=S)n1NCc1cc(Br)ccc1OCc1ccc(Cl)cc1Cl. The summed E-state index contributed by atoms with van der Waals surface area (Å²) in [6.07, 6.45) is 0. The van der Waals surface area contributed by atoms with Crippen LogP contribution in [0.25, 0.3) is 0 Å². The van der Waals surface area contributed by atoms with E-state index in [0.29, 0.717) is 28.0 Å². The lowest BCUT2D eigenvalue weighted by Gasteiger charge is -2.15. The van der Waals surface area contributed by atoms with Crippen LogP contribution in [0.3, 0.4) is 0 Å². The summed E-state index contributed by atoms with van der Waals surface area (Å²) in [4.78, 5) is 0. The lowest BCUT2D eigenvalue weighted by Crippen LogP contribution is -2.16. The van der Waals surface area contributed by atoms with E-state index in [1.165, 1.54) is 0 Å². The average molecular weight is 474 g/mol. The molecule has 1 heterocycles. The van der Waals surface area contributed by atoms with Crippen molar-refractivity contribution in [2.45, 2.75) is 20.1 Å². The van der Waals surface area contributed by atoms with E-state index in [0.717, 1.165) is 27.2 Å². The lowest BCUT2D eigenvalue weighted by molar-refractivity contribution is 0.303. The summed E-state index contributed by atoms with van der Waals surface area (Å²) in [7, 11) is 0. The molecule has 0 aliphatic carbocycles. The van der Waals surface area contributed by atoms with Crippen molar-refractivity contribution in [2.75, 3.05) is 5.43 Å². The van der Waals surface area contributed by atoms with Crippen LogP contribution < -0.4 is 10.2 Å². The van der Waals surface area contributed by atoms with E-state index in [-0.39, 0.29) is 0 Å². The van der Waals surface area contributed by atoms with Gasteiger partial charge in [-0.1, -0.05) is 45.2 Å². The highest BCUT2D eigenvalue weighted by Crippen LogP contribution is 2.26. The molecule has 9 heteroatoms. The smallest absolute Gasteiger partial charge is 0.214 e. The highest BCUT2D eigenvalue weighted by atomic mass is 79.9. The molecule has 0 aliphatic rings. The Morgan fingerprint density at radius 1 is 1.23 bits per heavy atom. The standard InChI is InChI=1S/C17H15BrCl2N4OS/c1-10-22-23-17(26)24(10)21-8-12-6-13(18)3-5-16(12)25-9-11-2-4-14(19)7-15(11)20/h2-7,21H,8-9H2,1H3,(H,23,26). The Labute approximate surface area is 174 Å². The molecule has 0 spiro atoms. The van der Waals surface area contributed by atoms with Gasteiger partial charge in [0.2, 0.25) is 4.77 Å². The fourth-order valence-corrected chi connectivity index (χ4v) is 3.46. The monoisotopic (exact) mass is 472 g/mol. The fraction of sp³-hybridized carbons (Fsp3) is 0.176. The van der Waals surface area contributed by atoms with Gasteiger partial charge in [-0.2, -0.15) is 5.10 Å². The number of aryl methyl sites for hydroxylation is 1. The Balaban J connectivity index is 1.76. The van der Waals surface area contributed by atoms with Gasteiger partial charge in [0.05, 0.1) is 6.54 Å². The molecular formula is C17H15BrCl2N4OS. The third-order valence-electron chi connectivity index (χ3n) is 3.69. The van der Waals surface area contributed by atoms with Gasteiger partial charge in [0.25, 0.3) is 0 Å². The minimum Gasteiger partial charge on any atom is -0.488 e. The number of nitrogens with one attached hydrogen (secondary N) is 2. The number of aromatic amines is 1. The van der Waals surface area contributed by atoms with E-state index < -0.39 is 0 Å². The molecule has 0 aliphatic heterocycles. The van der Waals surface area contributed by atoms with Crippen molar-refractivity contribution in [2.24, 2.45) is 0 Å². The molecule has 0 amide bonds. The zero-order valence-electron chi connectivity index (χ0n) is 13.7. The van der Waals surface area contributed by atoms with Gasteiger partial charge in [-0.25, -0.2) is 4.68 Å². The van der Waals surface area contributed by atoms with E-state index in [1.54, 1.807) is 16.8 Å². The Hall–Kier alpha value is -1.54. The van der Waals surface area contributed by atoms with Gasteiger partial charge >= 0.3 is 0 Å². The van der Waals surface area contributed by atoms with Crippen LogP contribution in [-0.2, 0) is 13.2 Å². The van der Waals surface area contributed by atoms with Crippen molar-refractivity contribution in [3.05, 3.63) is 72.6 Å². The first-order chi connectivity index (χ1) is 12.4. The van der Waals surface area contributed by atoms with Crippen molar-refractivity contribution in [3.63, 3.8) is 0 Å². The third kappa shape index (κ3) is 4.59. The van der Waals surface area contributed by atoms with Crippen molar-refractivity contribution >= 4 is 51.3 Å². The number of H-pyrrole nitrogens is 1. The molecule has 0 atom stereocenters. The molecule has 3 aromatic rings. The molecular weight excluding hydrogens is 459 g/mol. The van der Waals surface area contributed by atoms with Crippen LogP contribution in [0.5, 0.6) is 5.75 Å². The lowest BCUT2D eigenvalue weighted by atomic mass is 10.2. The summed E-state index contributed by atoms with van der Waals surface area (Å²) in [5, 5.41) is 8.00. The molecule has 0 saturated heterocycles. The van der Waals surface area contributed by atoms with Crippen LogP contribution in [-0.4, -0.2) is 14.9 Å². The number of halogens is 3. The van der Waals surface area contributed by atoms with Crippen LogP contribution in [0.2, 0.25) is 10.0 Å². The summed E-state index contributed by atoms with van der Waals surface area (Å²) < 4.78 is 9.16. The molecule has 5 nitrogen and oxygen atoms in total. The molecule has 0 fully saturated rings. The summed E-state index contributed by atoms with van der Waals surface area (Å²) in [5.41, 5.74) is 5.07. The van der Waals surface area contributed by atoms with E-state index >= 15 is 0 Å². The van der Waals surface area contributed by atoms with Crippen LogP contribution >= 0.6 is 51.3 Å². The number of hydrogen-bond donors (Lipinski definition) is 2. The molecule has 2 N–H and O–H groups in total. The van der Waals surface area contributed by atoms with Crippen molar-refractivity contribution in [1.82, 2.24) is 14.9 Å². The minimum atomic E-state index is 0.342. The first-order valence-corrected chi connectivity index (χ1v) is 9.63. The zero-order valence-corrected chi connectivity index (χ0v) is 17.6.